The van der Waals surface area contributed by atoms with Gasteiger partial charge in [-0.15, -0.1) is 0 Å². The lowest BCUT2D eigenvalue weighted by Crippen LogP contribution is -2.29. The lowest BCUT2D eigenvalue weighted by molar-refractivity contribution is -0.385. The number of likely N-dealkylation sites (N-methyl/N-ethyl adjacent to an activating group) is 1. The number of non-ortho nitro benzene ring substituents is 1. The molecule has 94 valence electrons. The summed E-state index contributed by atoms with van der Waals surface area (Å²) in [7, 11) is 3.85. The zero-order chi connectivity index (χ0) is 13.0. The van der Waals surface area contributed by atoms with E-state index in [1.54, 1.807) is 0 Å². The van der Waals surface area contributed by atoms with E-state index in [4.69, 9.17) is 0 Å². The first-order valence-corrected chi connectivity index (χ1v) is 5.24. The molecule has 0 radical (unpaired) electrons. The smallest absolute Gasteiger partial charge is 0.274 e. The summed E-state index contributed by atoms with van der Waals surface area (Å²) in [5, 5.41) is 13.6. The van der Waals surface area contributed by atoms with E-state index < -0.39 is 10.7 Å². The molecule has 1 aromatic rings. The lowest BCUT2D eigenvalue weighted by atomic mass is 10.2. The van der Waals surface area contributed by atoms with E-state index in [1.807, 2.05) is 25.9 Å². The van der Waals surface area contributed by atoms with Crippen LogP contribution in [0.1, 0.15) is 6.92 Å². The van der Waals surface area contributed by atoms with Crippen molar-refractivity contribution in [2.24, 2.45) is 0 Å². The molecule has 1 N–H and O–H groups in total. The Kier molecular flexibility index (Phi) is 4.39. The van der Waals surface area contributed by atoms with Gasteiger partial charge in [-0.3, -0.25) is 10.1 Å². The second kappa shape index (κ2) is 5.58. The number of nitrogens with zero attached hydrogens (tertiary/aromatic N) is 2. The number of nitro benzene ring substituents is 1. The molecule has 0 aliphatic heterocycles. The molecule has 1 atom stereocenters. The van der Waals surface area contributed by atoms with E-state index in [2.05, 4.69) is 5.32 Å². The van der Waals surface area contributed by atoms with Gasteiger partial charge in [0.25, 0.3) is 5.69 Å². The molecule has 1 aromatic carbocycles. The minimum Gasteiger partial charge on any atom is -0.381 e. The summed E-state index contributed by atoms with van der Waals surface area (Å²) >= 11 is 0. The zero-order valence-corrected chi connectivity index (χ0v) is 10.1. The monoisotopic (exact) mass is 241 g/mol. The fraction of sp³-hybridized carbons (Fsp3) is 0.455. The van der Waals surface area contributed by atoms with Gasteiger partial charge < -0.3 is 10.2 Å². The number of nitro groups is 1. The minimum atomic E-state index is -0.612. The Hall–Kier alpha value is -1.69. The van der Waals surface area contributed by atoms with Gasteiger partial charge in [0.05, 0.1) is 11.0 Å². The fourth-order valence-electron chi connectivity index (χ4n) is 1.64. The third kappa shape index (κ3) is 4.36. The van der Waals surface area contributed by atoms with Crippen LogP contribution in [-0.4, -0.2) is 36.5 Å². The second-order valence-electron chi connectivity index (χ2n) is 4.26. The summed E-state index contributed by atoms with van der Waals surface area (Å²) in [5.41, 5.74) is 0.176. The number of rotatable bonds is 5. The first kappa shape index (κ1) is 13.4. The first-order valence-electron chi connectivity index (χ1n) is 5.24. The molecule has 0 amide bonds. The molecule has 1 unspecified atom stereocenters. The molecule has 1 rings (SSSR count). The van der Waals surface area contributed by atoms with Crippen LogP contribution < -0.4 is 5.32 Å². The number of hydrogen-bond acceptors (Lipinski definition) is 4. The van der Waals surface area contributed by atoms with Gasteiger partial charge in [-0.25, -0.2) is 4.39 Å². The van der Waals surface area contributed by atoms with Gasteiger partial charge in [0.2, 0.25) is 0 Å². The van der Waals surface area contributed by atoms with Crippen molar-refractivity contribution >= 4 is 11.4 Å². The Morgan fingerprint density at radius 3 is 2.65 bits per heavy atom. The highest BCUT2D eigenvalue weighted by molar-refractivity contribution is 5.52. The molecular formula is C11H16FN3O2. The average Bonchev–Trinajstić information content (AvgIpc) is 2.14. The molecule has 0 aromatic heterocycles. The summed E-state index contributed by atoms with van der Waals surface area (Å²) in [6.07, 6.45) is 0. The number of hydrogen-bond donors (Lipinski definition) is 1. The van der Waals surface area contributed by atoms with E-state index in [9.17, 15) is 14.5 Å². The van der Waals surface area contributed by atoms with Crippen LogP contribution in [0.4, 0.5) is 15.8 Å². The summed E-state index contributed by atoms with van der Waals surface area (Å²) in [6, 6.07) is 3.56. The van der Waals surface area contributed by atoms with Crippen LogP contribution in [0.25, 0.3) is 0 Å². The zero-order valence-electron chi connectivity index (χ0n) is 10.1. The minimum absolute atomic E-state index is 0.0754. The maximum atomic E-state index is 13.1. The van der Waals surface area contributed by atoms with Crippen LogP contribution in [0.2, 0.25) is 0 Å². The summed E-state index contributed by atoms with van der Waals surface area (Å²) in [5.74, 6) is -0.612. The van der Waals surface area contributed by atoms with Gasteiger partial charge in [0, 0.05) is 24.3 Å². The highest BCUT2D eigenvalue weighted by Crippen LogP contribution is 2.20. The van der Waals surface area contributed by atoms with Crippen LogP contribution in [-0.2, 0) is 0 Å². The molecule has 0 saturated heterocycles. The number of halogens is 1. The predicted octanol–water partition coefficient (Wildman–Crippen LogP) is 2.10. The number of anilines is 1. The fourth-order valence-corrected chi connectivity index (χ4v) is 1.64. The van der Waals surface area contributed by atoms with Gasteiger partial charge in [-0.1, -0.05) is 0 Å². The van der Waals surface area contributed by atoms with Crippen LogP contribution in [0.15, 0.2) is 18.2 Å². The van der Waals surface area contributed by atoms with Crippen molar-refractivity contribution in [1.29, 1.82) is 0 Å². The van der Waals surface area contributed by atoms with E-state index in [-0.39, 0.29) is 11.7 Å². The standard InChI is InChI=1S/C11H16FN3O2/c1-8(7-14(2)3)13-10-4-9(12)5-11(6-10)15(16)17/h4-6,8,13H,7H2,1-3H3. The third-order valence-corrected chi connectivity index (χ3v) is 2.15. The average molecular weight is 241 g/mol. The maximum Gasteiger partial charge on any atom is 0.274 e. The second-order valence-corrected chi connectivity index (χ2v) is 4.26. The molecule has 0 heterocycles. The summed E-state index contributed by atoms with van der Waals surface area (Å²) in [6.45, 7) is 2.68. The molecular weight excluding hydrogens is 225 g/mol. The molecule has 6 heteroatoms. The van der Waals surface area contributed by atoms with Crippen LogP contribution >= 0.6 is 0 Å². The molecule has 0 aliphatic carbocycles. The van der Waals surface area contributed by atoms with Crippen molar-refractivity contribution in [3.05, 3.63) is 34.1 Å². The van der Waals surface area contributed by atoms with E-state index in [0.717, 1.165) is 12.6 Å². The Morgan fingerprint density at radius 1 is 1.47 bits per heavy atom. The van der Waals surface area contributed by atoms with Crippen molar-refractivity contribution < 1.29 is 9.31 Å². The van der Waals surface area contributed by atoms with Crippen molar-refractivity contribution in [1.82, 2.24) is 4.90 Å². The number of benzene rings is 1. The first-order chi connectivity index (χ1) is 7.88. The number of nitrogens with one attached hydrogen (secondary N) is 1. The molecule has 0 saturated carbocycles. The van der Waals surface area contributed by atoms with Gasteiger partial charge in [0.1, 0.15) is 5.82 Å². The Bertz CT molecular complexity index is 410. The molecule has 17 heavy (non-hydrogen) atoms. The van der Waals surface area contributed by atoms with Crippen LogP contribution in [0.3, 0.4) is 0 Å². The molecule has 0 fully saturated rings. The summed E-state index contributed by atoms with van der Waals surface area (Å²) in [4.78, 5) is 11.9. The van der Waals surface area contributed by atoms with Gasteiger partial charge in [-0.05, 0) is 27.1 Å². The quantitative estimate of drug-likeness (QED) is 0.633. The Labute approximate surface area is 99.4 Å². The Balaban J connectivity index is 2.80. The lowest BCUT2D eigenvalue weighted by Gasteiger charge is -2.19. The summed E-state index contributed by atoms with van der Waals surface area (Å²) < 4.78 is 13.1. The predicted molar refractivity (Wildman–Crippen MR) is 64.7 cm³/mol. The van der Waals surface area contributed by atoms with Gasteiger partial charge in [0.15, 0.2) is 0 Å². The molecule has 5 nitrogen and oxygen atoms in total. The molecule has 0 spiro atoms. The highest BCUT2D eigenvalue weighted by Gasteiger charge is 2.11. The third-order valence-electron chi connectivity index (χ3n) is 2.15. The van der Waals surface area contributed by atoms with Crippen LogP contribution in [0.5, 0.6) is 0 Å². The van der Waals surface area contributed by atoms with Crippen molar-refractivity contribution in [3.63, 3.8) is 0 Å². The topological polar surface area (TPSA) is 58.4 Å². The van der Waals surface area contributed by atoms with E-state index >= 15 is 0 Å². The normalized spacial score (nSPS) is 12.5. The highest BCUT2D eigenvalue weighted by atomic mass is 19.1. The van der Waals surface area contributed by atoms with Crippen LogP contribution in [0, 0.1) is 15.9 Å². The van der Waals surface area contributed by atoms with Gasteiger partial charge >= 0.3 is 0 Å². The largest absolute Gasteiger partial charge is 0.381 e. The SMILES string of the molecule is CC(CN(C)C)Nc1cc(F)cc([N+](=O)[O-])c1. The Morgan fingerprint density at radius 2 is 2.12 bits per heavy atom. The molecule has 0 bridgehead atoms. The van der Waals surface area contributed by atoms with Crippen molar-refractivity contribution in [2.75, 3.05) is 26.0 Å². The van der Waals surface area contributed by atoms with Crippen molar-refractivity contribution in [3.8, 4) is 0 Å². The van der Waals surface area contributed by atoms with Gasteiger partial charge in [-0.2, -0.15) is 0 Å². The molecule has 0 aliphatic rings. The maximum absolute atomic E-state index is 13.1. The van der Waals surface area contributed by atoms with E-state index in [0.29, 0.717) is 5.69 Å². The van der Waals surface area contributed by atoms with E-state index in [1.165, 1.54) is 12.1 Å². The van der Waals surface area contributed by atoms with Crippen molar-refractivity contribution in [2.45, 2.75) is 13.0 Å².